The molecule has 2 rings (SSSR count). The van der Waals surface area contributed by atoms with Gasteiger partial charge < -0.3 is 4.90 Å². The monoisotopic (exact) mass is 252 g/mol. The van der Waals surface area contributed by atoms with Crippen molar-refractivity contribution in [2.75, 3.05) is 24.4 Å². The maximum Gasteiger partial charge on any atom is 0.157 e. The SMILES string of the molecule is CN(CCCCCCl)c1ccn2nccc2n1. The fourth-order valence-corrected chi connectivity index (χ4v) is 1.94. The Labute approximate surface area is 106 Å². The molecule has 0 spiro atoms. The van der Waals surface area contributed by atoms with E-state index >= 15 is 0 Å². The van der Waals surface area contributed by atoms with Crippen molar-refractivity contribution in [3.63, 3.8) is 0 Å². The molecule has 2 heterocycles. The first-order chi connectivity index (χ1) is 8.31. The minimum absolute atomic E-state index is 0.754. The number of unbranched alkanes of at least 4 members (excludes halogenated alkanes) is 2. The molecule has 0 saturated heterocycles. The summed E-state index contributed by atoms with van der Waals surface area (Å²) in [5.74, 6) is 1.74. The topological polar surface area (TPSA) is 33.4 Å². The quantitative estimate of drug-likeness (QED) is 0.585. The van der Waals surface area contributed by atoms with Crippen LogP contribution in [0.5, 0.6) is 0 Å². The summed E-state index contributed by atoms with van der Waals surface area (Å²) in [5, 5.41) is 4.13. The van der Waals surface area contributed by atoms with E-state index in [9.17, 15) is 0 Å². The Morgan fingerprint density at radius 3 is 3.00 bits per heavy atom. The van der Waals surface area contributed by atoms with Crippen LogP contribution in [0.15, 0.2) is 24.5 Å². The highest BCUT2D eigenvalue weighted by molar-refractivity contribution is 6.17. The largest absolute Gasteiger partial charge is 0.360 e. The highest BCUT2D eigenvalue weighted by atomic mass is 35.5. The lowest BCUT2D eigenvalue weighted by molar-refractivity contribution is 0.703. The molecule has 2 aromatic rings. The van der Waals surface area contributed by atoms with Crippen molar-refractivity contribution >= 4 is 23.1 Å². The second-order valence-corrected chi connectivity index (χ2v) is 4.47. The molecule has 0 aromatic carbocycles. The molecule has 4 nitrogen and oxygen atoms in total. The number of hydrogen-bond donors (Lipinski definition) is 0. The van der Waals surface area contributed by atoms with Crippen molar-refractivity contribution in [3.05, 3.63) is 24.5 Å². The summed E-state index contributed by atoms with van der Waals surface area (Å²) in [7, 11) is 2.07. The summed E-state index contributed by atoms with van der Waals surface area (Å²) >= 11 is 5.65. The van der Waals surface area contributed by atoms with Gasteiger partial charge in [-0.15, -0.1) is 11.6 Å². The third-order valence-corrected chi connectivity index (χ3v) is 3.03. The molecular formula is C12H17ClN4. The van der Waals surface area contributed by atoms with Crippen LogP contribution in [0.1, 0.15) is 19.3 Å². The Morgan fingerprint density at radius 2 is 2.18 bits per heavy atom. The van der Waals surface area contributed by atoms with Gasteiger partial charge in [-0.1, -0.05) is 6.42 Å². The highest BCUT2D eigenvalue weighted by Gasteiger charge is 2.03. The van der Waals surface area contributed by atoms with Gasteiger partial charge in [0.1, 0.15) is 5.82 Å². The van der Waals surface area contributed by atoms with Crippen LogP contribution in [0.4, 0.5) is 5.82 Å². The average Bonchev–Trinajstić information content (AvgIpc) is 2.81. The first-order valence-electron chi connectivity index (χ1n) is 5.89. The summed E-state index contributed by atoms with van der Waals surface area (Å²) in [6.45, 7) is 1.01. The number of anilines is 1. The van der Waals surface area contributed by atoms with Crippen LogP contribution in [0.25, 0.3) is 5.65 Å². The molecule has 0 saturated carbocycles. The summed E-state index contributed by atoms with van der Waals surface area (Å²) in [6.07, 6.45) is 7.10. The van der Waals surface area contributed by atoms with Gasteiger partial charge in [0.2, 0.25) is 0 Å². The number of aromatic nitrogens is 3. The maximum atomic E-state index is 5.65. The van der Waals surface area contributed by atoms with Gasteiger partial charge in [0.05, 0.1) is 6.20 Å². The maximum absolute atomic E-state index is 5.65. The van der Waals surface area contributed by atoms with Crippen LogP contribution in [-0.2, 0) is 0 Å². The summed E-state index contributed by atoms with van der Waals surface area (Å²) < 4.78 is 1.77. The Bertz CT molecular complexity index is 468. The zero-order chi connectivity index (χ0) is 12.1. The Balaban J connectivity index is 1.95. The molecular weight excluding hydrogens is 236 g/mol. The molecule has 0 aliphatic carbocycles. The van der Waals surface area contributed by atoms with Crippen LogP contribution in [0.3, 0.4) is 0 Å². The van der Waals surface area contributed by atoms with Crippen molar-refractivity contribution in [1.29, 1.82) is 0 Å². The third kappa shape index (κ3) is 3.09. The molecule has 0 atom stereocenters. The van der Waals surface area contributed by atoms with Crippen LogP contribution in [-0.4, -0.2) is 34.1 Å². The van der Waals surface area contributed by atoms with Gasteiger partial charge >= 0.3 is 0 Å². The Morgan fingerprint density at radius 1 is 1.29 bits per heavy atom. The van der Waals surface area contributed by atoms with Crippen LogP contribution in [0, 0.1) is 0 Å². The summed E-state index contributed by atoms with van der Waals surface area (Å²) in [5.41, 5.74) is 0.884. The molecule has 0 bridgehead atoms. The zero-order valence-electron chi connectivity index (χ0n) is 10.0. The standard InChI is InChI=1S/C12H17ClN4/c1-16(9-4-2-3-7-13)11-6-10-17-12(15-11)5-8-14-17/h5-6,8,10H,2-4,7,9H2,1H3. The van der Waals surface area contributed by atoms with Crippen molar-refractivity contribution in [2.24, 2.45) is 0 Å². The van der Waals surface area contributed by atoms with Crippen molar-refractivity contribution in [2.45, 2.75) is 19.3 Å². The Kier molecular flexibility index (Phi) is 4.20. The summed E-state index contributed by atoms with van der Waals surface area (Å²) in [6, 6.07) is 3.90. The first kappa shape index (κ1) is 12.2. The third-order valence-electron chi connectivity index (χ3n) is 2.76. The number of halogens is 1. The van der Waals surface area contributed by atoms with E-state index in [1.165, 1.54) is 6.42 Å². The van der Waals surface area contributed by atoms with Gasteiger partial charge in [-0.25, -0.2) is 9.50 Å². The van der Waals surface area contributed by atoms with E-state index < -0.39 is 0 Å². The molecule has 0 N–H and O–H groups in total. The lowest BCUT2D eigenvalue weighted by Crippen LogP contribution is -2.19. The zero-order valence-corrected chi connectivity index (χ0v) is 10.8. The molecule has 0 unspecified atom stereocenters. The van der Waals surface area contributed by atoms with Gasteiger partial charge in [0.15, 0.2) is 5.65 Å². The van der Waals surface area contributed by atoms with Gasteiger partial charge in [-0.2, -0.15) is 5.10 Å². The number of fused-ring (bicyclic) bond motifs is 1. The normalized spacial score (nSPS) is 10.9. The molecule has 0 radical (unpaired) electrons. The number of rotatable bonds is 6. The van der Waals surface area contributed by atoms with Crippen LogP contribution in [0.2, 0.25) is 0 Å². The predicted molar refractivity (Wildman–Crippen MR) is 70.8 cm³/mol. The lowest BCUT2D eigenvalue weighted by Gasteiger charge is -2.17. The average molecular weight is 253 g/mol. The molecule has 92 valence electrons. The molecule has 0 fully saturated rings. The Hall–Kier alpha value is -1.29. The van der Waals surface area contributed by atoms with E-state index in [1.807, 2.05) is 18.3 Å². The van der Waals surface area contributed by atoms with Crippen molar-refractivity contribution in [1.82, 2.24) is 14.6 Å². The second-order valence-electron chi connectivity index (χ2n) is 4.09. The smallest absolute Gasteiger partial charge is 0.157 e. The van der Waals surface area contributed by atoms with Gasteiger partial charge in [-0.05, 0) is 18.9 Å². The van der Waals surface area contributed by atoms with Gasteiger partial charge in [0, 0.05) is 31.7 Å². The fourth-order valence-electron chi connectivity index (χ4n) is 1.75. The van der Waals surface area contributed by atoms with E-state index in [4.69, 9.17) is 11.6 Å². The van der Waals surface area contributed by atoms with Crippen LogP contribution < -0.4 is 4.90 Å². The van der Waals surface area contributed by atoms with E-state index in [0.717, 1.165) is 36.7 Å². The van der Waals surface area contributed by atoms with E-state index in [2.05, 4.69) is 22.0 Å². The first-order valence-corrected chi connectivity index (χ1v) is 6.42. The number of nitrogens with zero attached hydrogens (tertiary/aromatic N) is 4. The molecule has 2 aromatic heterocycles. The molecule has 0 aliphatic rings. The van der Waals surface area contributed by atoms with E-state index in [0.29, 0.717) is 0 Å². The molecule has 0 amide bonds. The minimum atomic E-state index is 0.754. The number of hydrogen-bond acceptors (Lipinski definition) is 3. The van der Waals surface area contributed by atoms with Crippen molar-refractivity contribution in [3.8, 4) is 0 Å². The minimum Gasteiger partial charge on any atom is -0.360 e. The molecule has 17 heavy (non-hydrogen) atoms. The van der Waals surface area contributed by atoms with E-state index in [1.54, 1.807) is 10.7 Å². The van der Waals surface area contributed by atoms with Gasteiger partial charge in [-0.3, -0.25) is 0 Å². The summed E-state index contributed by atoms with van der Waals surface area (Å²) in [4.78, 5) is 6.70. The van der Waals surface area contributed by atoms with Crippen molar-refractivity contribution < 1.29 is 0 Å². The second kappa shape index (κ2) is 5.87. The van der Waals surface area contributed by atoms with Crippen LogP contribution >= 0.6 is 11.6 Å². The fraction of sp³-hybridized carbons (Fsp3) is 0.500. The number of alkyl halides is 1. The van der Waals surface area contributed by atoms with Gasteiger partial charge in [0.25, 0.3) is 0 Å². The highest BCUT2D eigenvalue weighted by Crippen LogP contribution is 2.11. The molecule has 5 heteroatoms. The lowest BCUT2D eigenvalue weighted by atomic mass is 10.2. The van der Waals surface area contributed by atoms with E-state index in [-0.39, 0.29) is 0 Å². The predicted octanol–water partition coefficient (Wildman–Crippen LogP) is 2.57. The molecule has 0 aliphatic heterocycles.